The van der Waals surface area contributed by atoms with Gasteiger partial charge in [-0.1, -0.05) is 0 Å². The molecule has 122 valence electrons. The Hall–Kier alpha value is -2.63. The molecule has 1 amide bonds. The van der Waals surface area contributed by atoms with Gasteiger partial charge < -0.3 is 14.8 Å². The van der Waals surface area contributed by atoms with Gasteiger partial charge in [0, 0.05) is 0 Å². The van der Waals surface area contributed by atoms with Gasteiger partial charge in [-0.25, -0.2) is 8.78 Å². The topological polar surface area (TPSA) is 47.6 Å². The Morgan fingerprint density at radius 3 is 2.09 bits per heavy atom. The molecule has 4 nitrogen and oxygen atoms in total. The highest BCUT2D eigenvalue weighted by Gasteiger charge is 2.14. The normalized spacial score (nSPS) is 11.6. The molecule has 23 heavy (non-hydrogen) atoms. The molecule has 0 aromatic heterocycles. The molecular weight excluding hydrogens is 304 g/mol. The summed E-state index contributed by atoms with van der Waals surface area (Å²) in [5.74, 6) is -0.0743. The van der Waals surface area contributed by atoms with Crippen molar-refractivity contribution in [2.24, 2.45) is 0 Å². The highest BCUT2D eigenvalue weighted by atomic mass is 19.1. The first-order chi connectivity index (χ1) is 11.0. The Morgan fingerprint density at radius 2 is 1.52 bits per heavy atom. The second kappa shape index (κ2) is 8.12. The molecule has 1 atom stereocenters. The van der Waals surface area contributed by atoms with Crippen molar-refractivity contribution in [3.8, 4) is 11.5 Å². The van der Waals surface area contributed by atoms with Crippen LogP contribution in [0, 0.1) is 11.6 Å². The van der Waals surface area contributed by atoms with Crippen LogP contribution in [0.25, 0.3) is 0 Å². The maximum Gasteiger partial charge on any atom is 0.260 e. The zero-order chi connectivity index (χ0) is 16.7. The van der Waals surface area contributed by atoms with Crippen LogP contribution in [0.5, 0.6) is 11.5 Å². The van der Waals surface area contributed by atoms with Crippen LogP contribution in [0.15, 0.2) is 48.5 Å². The van der Waals surface area contributed by atoms with Crippen molar-refractivity contribution in [2.75, 3.05) is 13.2 Å². The lowest BCUT2D eigenvalue weighted by Crippen LogP contribution is -2.38. The van der Waals surface area contributed by atoms with Crippen LogP contribution in [-0.2, 0) is 4.79 Å². The minimum Gasteiger partial charge on any atom is -0.492 e. The van der Waals surface area contributed by atoms with E-state index in [0.29, 0.717) is 11.5 Å². The van der Waals surface area contributed by atoms with E-state index >= 15 is 0 Å². The quantitative estimate of drug-likeness (QED) is 0.798. The fourth-order valence-corrected chi connectivity index (χ4v) is 1.79. The van der Waals surface area contributed by atoms with Gasteiger partial charge in [0.1, 0.15) is 29.7 Å². The van der Waals surface area contributed by atoms with E-state index in [-0.39, 0.29) is 30.7 Å². The fraction of sp³-hybridized carbons (Fsp3) is 0.235. The number of nitrogens with one attached hydrogen (secondary N) is 1. The smallest absolute Gasteiger partial charge is 0.260 e. The molecule has 2 aromatic carbocycles. The Kier molecular flexibility index (Phi) is 5.91. The van der Waals surface area contributed by atoms with Crippen LogP contribution in [0.1, 0.15) is 6.92 Å². The van der Waals surface area contributed by atoms with E-state index in [2.05, 4.69) is 5.32 Å². The fourth-order valence-electron chi connectivity index (χ4n) is 1.79. The van der Waals surface area contributed by atoms with E-state index < -0.39 is 6.10 Å². The van der Waals surface area contributed by atoms with Crippen molar-refractivity contribution in [3.63, 3.8) is 0 Å². The number of ether oxygens (including phenoxy) is 2. The molecule has 0 saturated heterocycles. The van der Waals surface area contributed by atoms with Crippen LogP contribution in [-0.4, -0.2) is 25.2 Å². The van der Waals surface area contributed by atoms with Crippen molar-refractivity contribution >= 4 is 5.91 Å². The lowest BCUT2D eigenvalue weighted by Gasteiger charge is -2.15. The highest BCUT2D eigenvalue weighted by Crippen LogP contribution is 2.13. The molecule has 2 aromatic rings. The second-order valence-corrected chi connectivity index (χ2v) is 4.81. The molecule has 1 N–H and O–H groups in total. The predicted octanol–water partition coefficient (Wildman–Crippen LogP) is 2.93. The first-order valence-electron chi connectivity index (χ1n) is 7.13. The summed E-state index contributed by atoms with van der Waals surface area (Å²) >= 11 is 0. The number of carbonyl (C=O) groups is 1. The molecule has 0 spiro atoms. The van der Waals surface area contributed by atoms with Crippen molar-refractivity contribution in [1.82, 2.24) is 5.32 Å². The van der Waals surface area contributed by atoms with E-state index in [0.717, 1.165) is 0 Å². The van der Waals surface area contributed by atoms with Gasteiger partial charge in [0.15, 0.2) is 6.10 Å². The number of carbonyl (C=O) groups excluding carboxylic acids is 1. The van der Waals surface area contributed by atoms with E-state index in [1.165, 1.54) is 48.5 Å². The molecule has 6 heteroatoms. The third kappa shape index (κ3) is 5.58. The van der Waals surface area contributed by atoms with Gasteiger partial charge in [0.2, 0.25) is 0 Å². The number of rotatable bonds is 7. The van der Waals surface area contributed by atoms with Gasteiger partial charge in [0.05, 0.1) is 6.54 Å². The summed E-state index contributed by atoms with van der Waals surface area (Å²) in [7, 11) is 0. The average molecular weight is 321 g/mol. The van der Waals surface area contributed by atoms with E-state index in [1.807, 2.05) is 0 Å². The van der Waals surface area contributed by atoms with Crippen molar-refractivity contribution in [3.05, 3.63) is 60.2 Å². The molecule has 0 aliphatic heterocycles. The summed E-state index contributed by atoms with van der Waals surface area (Å²) < 4.78 is 36.3. The lowest BCUT2D eigenvalue weighted by molar-refractivity contribution is -0.127. The molecule has 0 saturated carbocycles. The summed E-state index contributed by atoms with van der Waals surface area (Å²) in [6, 6.07) is 11.0. The maximum atomic E-state index is 12.8. The number of benzene rings is 2. The van der Waals surface area contributed by atoms with Crippen LogP contribution < -0.4 is 14.8 Å². The third-order valence-electron chi connectivity index (χ3n) is 2.98. The maximum absolute atomic E-state index is 12.8. The third-order valence-corrected chi connectivity index (χ3v) is 2.98. The number of halogens is 2. The first-order valence-corrected chi connectivity index (χ1v) is 7.13. The monoisotopic (exact) mass is 321 g/mol. The highest BCUT2D eigenvalue weighted by molar-refractivity contribution is 5.80. The van der Waals surface area contributed by atoms with Gasteiger partial charge in [0.25, 0.3) is 5.91 Å². The van der Waals surface area contributed by atoms with Crippen molar-refractivity contribution in [1.29, 1.82) is 0 Å². The molecule has 2 rings (SSSR count). The predicted molar refractivity (Wildman–Crippen MR) is 81.4 cm³/mol. The van der Waals surface area contributed by atoms with Gasteiger partial charge in [-0.3, -0.25) is 4.79 Å². The molecule has 0 heterocycles. The molecule has 0 unspecified atom stereocenters. The van der Waals surface area contributed by atoms with Crippen LogP contribution in [0.2, 0.25) is 0 Å². The Balaban J connectivity index is 1.69. The molecule has 0 radical (unpaired) electrons. The number of amides is 1. The van der Waals surface area contributed by atoms with Gasteiger partial charge in [-0.05, 0) is 55.5 Å². The van der Waals surface area contributed by atoms with Gasteiger partial charge >= 0.3 is 0 Å². The van der Waals surface area contributed by atoms with Crippen LogP contribution in [0.3, 0.4) is 0 Å². The van der Waals surface area contributed by atoms with E-state index in [4.69, 9.17) is 9.47 Å². The summed E-state index contributed by atoms with van der Waals surface area (Å²) in [5, 5.41) is 2.66. The summed E-state index contributed by atoms with van der Waals surface area (Å²) in [5.41, 5.74) is 0. The van der Waals surface area contributed by atoms with Crippen LogP contribution in [0.4, 0.5) is 8.78 Å². The largest absolute Gasteiger partial charge is 0.492 e. The molecular formula is C17H17F2NO3. The molecule has 0 bridgehead atoms. The van der Waals surface area contributed by atoms with E-state index in [9.17, 15) is 13.6 Å². The van der Waals surface area contributed by atoms with Gasteiger partial charge in [-0.2, -0.15) is 0 Å². The Morgan fingerprint density at radius 1 is 1.00 bits per heavy atom. The lowest BCUT2D eigenvalue weighted by atomic mass is 10.3. The zero-order valence-corrected chi connectivity index (χ0v) is 12.6. The molecule has 0 aliphatic rings. The standard InChI is InChI=1S/C17H17F2NO3/c1-12(23-16-8-4-14(19)5-9-16)17(21)20-10-11-22-15-6-2-13(18)3-7-15/h2-9,12H,10-11H2,1H3,(H,20,21)/t12-/m1/s1. The van der Waals surface area contributed by atoms with Crippen molar-refractivity contribution in [2.45, 2.75) is 13.0 Å². The van der Waals surface area contributed by atoms with E-state index in [1.54, 1.807) is 6.92 Å². The zero-order valence-electron chi connectivity index (χ0n) is 12.6. The summed E-state index contributed by atoms with van der Waals surface area (Å²) in [6.07, 6.45) is -0.716. The minimum absolute atomic E-state index is 0.251. The average Bonchev–Trinajstić information content (AvgIpc) is 2.55. The first kappa shape index (κ1) is 16.7. The van der Waals surface area contributed by atoms with Crippen molar-refractivity contribution < 1.29 is 23.0 Å². The SMILES string of the molecule is C[C@@H](Oc1ccc(F)cc1)C(=O)NCCOc1ccc(F)cc1. The number of hydrogen-bond donors (Lipinski definition) is 1. The Labute approximate surface area is 133 Å². The molecule has 0 aliphatic carbocycles. The summed E-state index contributed by atoms with van der Waals surface area (Å²) in [4.78, 5) is 11.9. The second-order valence-electron chi connectivity index (χ2n) is 4.81. The number of hydrogen-bond acceptors (Lipinski definition) is 3. The summed E-state index contributed by atoms with van der Waals surface area (Å²) in [6.45, 7) is 2.13. The minimum atomic E-state index is -0.716. The molecule has 0 fully saturated rings. The Bertz CT molecular complexity index is 629. The van der Waals surface area contributed by atoms with Gasteiger partial charge in [-0.15, -0.1) is 0 Å². The van der Waals surface area contributed by atoms with Crippen LogP contribution >= 0.6 is 0 Å².